The molecule has 0 aliphatic carbocycles. The highest BCUT2D eigenvalue weighted by Crippen LogP contribution is 2.28. The van der Waals surface area contributed by atoms with E-state index in [2.05, 4.69) is 21.8 Å². The van der Waals surface area contributed by atoms with Gasteiger partial charge in [0.1, 0.15) is 0 Å². The molecule has 4 rings (SSSR count). The SMILES string of the molecule is CCc1cnc(N2CCC(N3CCC(Oc4cc(C)c(C#N)cc4F)C3=O)CC2)nc1. The van der Waals surface area contributed by atoms with Crippen molar-refractivity contribution in [3.63, 3.8) is 0 Å². The van der Waals surface area contributed by atoms with E-state index in [-0.39, 0.29) is 23.3 Å². The highest BCUT2D eigenvalue weighted by atomic mass is 19.1. The predicted octanol–water partition coefficient (Wildman–Crippen LogP) is 3.01. The average molecular weight is 423 g/mol. The van der Waals surface area contributed by atoms with Crippen LogP contribution >= 0.6 is 0 Å². The molecule has 1 aromatic heterocycles. The van der Waals surface area contributed by atoms with Crippen molar-refractivity contribution in [1.82, 2.24) is 14.9 Å². The zero-order chi connectivity index (χ0) is 22.0. The molecule has 2 saturated heterocycles. The zero-order valence-electron chi connectivity index (χ0n) is 17.8. The Bertz CT molecular complexity index is 996. The molecule has 1 atom stereocenters. The van der Waals surface area contributed by atoms with Crippen LogP contribution in [-0.2, 0) is 11.2 Å². The van der Waals surface area contributed by atoms with Crippen LogP contribution in [0.2, 0.25) is 0 Å². The summed E-state index contributed by atoms with van der Waals surface area (Å²) in [6.45, 7) is 5.97. The van der Waals surface area contributed by atoms with Gasteiger partial charge in [0.05, 0.1) is 11.6 Å². The van der Waals surface area contributed by atoms with Crippen molar-refractivity contribution in [1.29, 1.82) is 5.26 Å². The Kier molecular flexibility index (Phi) is 6.03. The lowest BCUT2D eigenvalue weighted by molar-refractivity contribution is -0.135. The van der Waals surface area contributed by atoms with Gasteiger partial charge in [-0.05, 0) is 49.4 Å². The minimum Gasteiger partial charge on any atom is -0.477 e. The molecule has 0 spiro atoms. The molecule has 2 aliphatic heterocycles. The zero-order valence-corrected chi connectivity index (χ0v) is 17.8. The predicted molar refractivity (Wildman–Crippen MR) is 113 cm³/mol. The van der Waals surface area contributed by atoms with E-state index in [1.807, 2.05) is 23.4 Å². The van der Waals surface area contributed by atoms with Crippen molar-refractivity contribution in [2.24, 2.45) is 0 Å². The van der Waals surface area contributed by atoms with Crippen LogP contribution in [0.5, 0.6) is 5.75 Å². The monoisotopic (exact) mass is 423 g/mol. The van der Waals surface area contributed by atoms with Gasteiger partial charge in [-0.15, -0.1) is 0 Å². The molecule has 1 amide bonds. The van der Waals surface area contributed by atoms with Gasteiger partial charge in [-0.3, -0.25) is 4.79 Å². The minimum absolute atomic E-state index is 0.0270. The topological polar surface area (TPSA) is 82.4 Å². The summed E-state index contributed by atoms with van der Waals surface area (Å²) in [5.74, 6) is 0.0506. The number of aryl methyl sites for hydroxylation is 2. The van der Waals surface area contributed by atoms with Crippen LogP contribution in [0.25, 0.3) is 0 Å². The van der Waals surface area contributed by atoms with E-state index in [4.69, 9.17) is 10.00 Å². The quantitative estimate of drug-likeness (QED) is 0.735. The number of rotatable bonds is 5. The molecule has 8 heteroatoms. The lowest BCUT2D eigenvalue weighted by Gasteiger charge is -2.36. The number of aromatic nitrogens is 2. The lowest BCUT2D eigenvalue weighted by Crippen LogP contribution is -2.47. The van der Waals surface area contributed by atoms with Gasteiger partial charge >= 0.3 is 0 Å². The van der Waals surface area contributed by atoms with Gasteiger partial charge in [0.2, 0.25) is 5.95 Å². The van der Waals surface area contributed by atoms with E-state index >= 15 is 0 Å². The van der Waals surface area contributed by atoms with Crippen molar-refractivity contribution < 1.29 is 13.9 Å². The van der Waals surface area contributed by atoms with E-state index in [0.717, 1.165) is 49.9 Å². The van der Waals surface area contributed by atoms with Crippen LogP contribution in [0.3, 0.4) is 0 Å². The number of halogens is 1. The van der Waals surface area contributed by atoms with Crippen molar-refractivity contribution in [2.45, 2.75) is 51.7 Å². The summed E-state index contributed by atoms with van der Waals surface area (Å²) in [6, 6.07) is 4.74. The second-order valence-electron chi connectivity index (χ2n) is 8.10. The molecule has 31 heavy (non-hydrogen) atoms. The van der Waals surface area contributed by atoms with Crippen molar-refractivity contribution >= 4 is 11.9 Å². The third-order valence-corrected chi connectivity index (χ3v) is 6.15. The summed E-state index contributed by atoms with van der Waals surface area (Å²) in [7, 11) is 0. The number of anilines is 1. The second-order valence-corrected chi connectivity index (χ2v) is 8.10. The maximum absolute atomic E-state index is 14.3. The van der Waals surface area contributed by atoms with Crippen LogP contribution in [0.1, 0.15) is 42.9 Å². The highest BCUT2D eigenvalue weighted by molar-refractivity contribution is 5.83. The van der Waals surface area contributed by atoms with Crippen LogP contribution in [-0.4, -0.2) is 52.6 Å². The van der Waals surface area contributed by atoms with E-state index in [9.17, 15) is 9.18 Å². The fourth-order valence-corrected chi connectivity index (χ4v) is 4.24. The van der Waals surface area contributed by atoms with Crippen LogP contribution in [0.4, 0.5) is 10.3 Å². The maximum atomic E-state index is 14.3. The van der Waals surface area contributed by atoms with Gasteiger partial charge in [0.15, 0.2) is 17.7 Å². The summed E-state index contributed by atoms with van der Waals surface area (Å²) in [5, 5.41) is 9.02. The summed E-state index contributed by atoms with van der Waals surface area (Å²) in [4.78, 5) is 25.9. The van der Waals surface area contributed by atoms with Gasteiger partial charge < -0.3 is 14.5 Å². The van der Waals surface area contributed by atoms with E-state index in [1.54, 1.807) is 6.92 Å². The van der Waals surface area contributed by atoms with Crippen LogP contribution in [0.15, 0.2) is 24.5 Å². The van der Waals surface area contributed by atoms with Gasteiger partial charge in [0, 0.05) is 44.5 Å². The van der Waals surface area contributed by atoms with Crippen molar-refractivity contribution in [2.75, 3.05) is 24.5 Å². The molecule has 1 unspecified atom stereocenters. The first-order chi connectivity index (χ1) is 15.0. The summed E-state index contributed by atoms with van der Waals surface area (Å²) < 4.78 is 20.0. The molecule has 0 bridgehead atoms. The normalized spacial score (nSPS) is 19.5. The Balaban J connectivity index is 1.35. The number of amides is 1. The number of hydrogen-bond donors (Lipinski definition) is 0. The van der Waals surface area contributed by atoms with E-state index in [0.29, 0.717) is 18.5 Å². The van der Waals surface area contributed by atoms with E-state index < -0.39 is 11.9 Å². The molecule has 0 radical (unpaired) electrons. The number of ether oxygens (including phenoxy) is 1. The summed E-state index contributed by atoms with van der Waals surface area (Å²) in [5.41, 5.74) is 2.01. The van der Waals surface area contributed by atoms with Crippen LogP contribution < -0.4 is 9.64 Å². The number of carbonyl (C=O) groups excluding carboxylic acids is 1. The van der Waals surface area contributed by atoms with Crippen molar-refractivity contribution in [3.8, 4) is 11.8 Å². The Hall–Kier alpha value is -3.21. The Morgan fingerprint density at radius 1 is 1.19 bits per heavy atom. The Labute approximate surface area is 181 Å². The first kappa shape index (κ1) is 21.0. The number of carbonyl (C=O) groups is 1. The first-order valence-electron chi connectivity index (χ1n) is 10.7. The molecule has 1 aromatic carbocycles. The Morgan fingerprint density at radius 3 is 2.55 bits per heavy atom. The molecule has 0 saturated carbocycles. The smallest absolute Gasteiger partial charge is 0.263 e. The fourth-order valence-electron chi connectivity index (χ4n) is 4.24. The average Bonchev–Trinajstić information content (AvgIpc) is 3.16. The number of benzene rings is 1. The largest absolute Gasteiger partial charge is 0.477 e. The molecule has 3 heterocycles. The maximum Gasteiger partial charge on any atom is 0.263 e. The van der Waals surface area contributed by atoms with Gasteiger partial charge in [0.25, 0.3) is 5.91 Å². The Morgan fingerprint density at radius 2 is 1.90 bits per heavy atom. The van der Waals surface area contributed by atoms with Crippen LogP contribution in [0, 0.1) is 24.1 Å². The first-order valence-corrected chi connectivity index (χ1v) is 10.7. The third-order valence-electron chi connectivity index (χ3n) is 6.15. The van der Waals surface area contributed by atoms with Gasteiger partial charge in [-0.25, -0.2) is 14.4 Å². The molecule has 2 aromatic rings. The standard InChI is InChI=1S/C23H26FN5O2/c1-3-16-13-26-23(27-14-16)28-7-4-18(5-8-28)29-9-6-20(22(29)30)31-21-10-15(2)17(12-25)11-19(21)24/h10-11,13-14,18,20H,3-9H2,1-2H3. The molecule has 7 nitrogen and oxygen atoms in total. The van der Waals surface area contributed by atoms with Crippen molar-refractivity contribution in [3.05, 3.63) is 47.0 Å². The van der Waals surface area contributed by atoms with Gasteiger partial charge in [-0.1, -0.05) is 6.92 Å². The lowest BCUT2D eigenvalue weighted by atomic mass is 10.0. The number of nitriles is 1. The molecule has 0 N–H and O–H groups in total. The molecule has 162 valence electrons. The number of likely N-dealkylation sites (tertiary alicyclic amines) is 1. The molecular weight excluding hydrogens is 397 g/mol. The summed E-state index contributed by atoms with van der Waals surface area (Å²) in [6.07, 6.45) is 6.15. The fraction of sp³-hybridized carbons (Fsp3) is 0.478. The third kappa shape index (κ3) is 4.31. The molecular formula is C23H26FN5O2. The number of hydrogen-bond acceptors (Lipinski definition) is 6. The second kappa shape index (κ2) is 8.88. The molecule has 2 aliphatic rings. The minimum atomic E-state index is -0.690. The number of nitrogens with zero attached hydrogens (tertiary/aromatic N) is 5. The van der Waals surface area contributed by atoms with E-state index in [1.165, 1.54) is 6.07 Å². The summed E-state index contributed by atoms with van der Waals surface area (Å²) >= 11 is 0. The highest BCUT2D eigenvalue weighted by Gasteiger charge is 2.39. The molecule has 2 fully saturated rings. The number of piperidine rings is 1. The van der Waals surface area contributed by atoms with Gasteiger partial charge in [-0.2, -0.15) is 5.26 Å².